The van der Waals surface area contributed by atoms with E-state index in [0.717, 1.165) is 38.7 Å². The molecule has 3 rings (SSSR count). The molecule has 3 aromatic rings. The number of aryl methyl sites for hydroxylation is 1. The molecule has 2 heterocycles. The molecule has 0 radical (unpaired) electrons. The topological polar surface area (TPSA) is 30.7 Å². The van der Waals surface area contributed by atoms with Crippen molar-refractivity contribution in [2.45, 2.75) is 13.8 Å². The molecule has 112 valence electrons. The number of carbonyl (C=O) groups excluding carboxylic acids is 1. The Morgan fingerprint density at radius 2 is 2.00 bits per heavy atom. The van der Waals surface area contributed by atoms with Gasteiger partial charge in [0.25, 0.3) is 0 Å². The number of fused-ring (bicyclic) bond motifs is 1. The molecule has 0 N–H and O–H groups in total. The van der Waals surface area contributed by atoms with Crippen LogP contribution in [0.1, 0.15) is 23.0 Å². The average molecular weight is 358 g/mol. The summed E-state index contributed by atoms with van der Waals surface area (Å²) in [7, 11) is 0. The van der Waals surface area contributed by atoms with Crippen LogP contribution in [0.4, 0.5) is 0 Å². The first-order chi connectivity index (χ1) is 10.6. The molecule has 0 saturated heterocycles. The molecule has 0 amide bonds. The van der Waals surface area contributed by atoms with Crippen LogP contribution in [0.3, 0.4) is 0 Å². The van der Waals surface area contributed by atoms with Gasteiger partial charge in [-0.05, 0) is 55.8 Å². The molecular formula is C18H16BrNO2. The molecule has 0 fully saturated rings. The fraction of sp³-hybridized carbons (Fsp3) is 0.167. The molecule has 0 aliphatic carbocycles. The molecule has 0 bridgehead atoms. The smallest absolute Gasteiger partial charge is 0.167 e. The zero-order valence-corrected chi connectivity index (χ0v) is 14.1. The van der Waals surface area contributed by atoms with Crippen molar-refractivity contribution in [3.8, 4) is 16.9 Å². The maximum atomic E-state index is 11.6. The van der Waals surface area contributed by atoms with Crippen LogP contribution in [-0.4, -0.2) is 17.3 Å². The predicted molar refractivity (Wildman–Crippen MR) is 91.8 cm³/mol. The number of aromatic nitrogens is 1. The summed E-state index contributed by atoms with van der Waals surface area (Å²) in [4.78, 5) is 11.6. The first-order valence-electron chi connectivity index (χ1n) is 7.13. The van der Waals surface area contributed by atoms with E-state index in [1.165, 1.54) is 0 Å². The zero-order chi connectivity index (χ0) is 15.7. The number of halogens is 1. The van der Waals surface area contributed by atoms with Gasteiger partial charge < -0.3 is 9.14 Å². The molecule has 0 saturated carbocycles. The van der Waals surface area contributed by atoms with E-state index in [-0.39, 0.29) is 0 Å². The Kier molecular flexibility index (Phi) is 4.03. The van der Waals surface area contributed by atoms with Crippen molar-refractivity contribution in [2.24, 2.45) is 0 Å². The van der Waals surface area contributed by atoms with Crippen LogP contribution in [0.5, 0.6) is 5.75 Å². The minimum atomic E-state index is 0.581. The molecule has 0 unspecified atom stereocenters. The van der Waals surface area contributed by atoms with Crippen LogP contribution in [0, 0.1) is 6.92 Å². The Morgan fingerprint density at radius 1 is 1.18 bits per heavy atom. The maximum absolute atomic E-state index is 11.6. The number of hydrogen-bond acceptors (Lipinski definition) is 2. The number of aldehydes is 1. The van der Waals surface area contributed by atoms with Gasteiger partial charge >= 0.3 is 0 Å². The highest BCUT2D eigenvalue weighted by molar-refractivity contribution is 9.10. The van der Waals surface area contributed by atoms with E-state index in [9.17, 15) is 4.79 Å². The summed E-state index contributed by atoms with van der Waals surface area (Å²) >= 11 is 3.50. The SMILES string of the molecule is CCOc1ccc(Br)cc1-c1cc2cc(C)ccn2c1C=O. The molecule has 3 nitrogen and oxygen atoms in total. The minimum Gasteiger partial charge on any atom is -0.493 e. The van der Waals surface area contributed by atoms with Crippen LogP contribution in [-0.2, 0) is 0 Å². The Labute approximate surface area is 137 Å². The van der Waals surface area contributed by atoms with E-state index in [0.29, 0.717) is 12.3 Å². The Hall–Kier alpha value is -2.07. The summed E-state index contributed by atoms with van der Waals surface area (Å²) in [6, 6.07) is 11.9. The number of nitrogens with zero attached hydrogens (tertiary/aromatic N) is 1. The first-order valence-corrected chi connectivity index (χ1v) is 7.93. The van der Waals surface area contributed by atoms with E-state index in [4.69, 9.17) is 4.74 Å². The fourth-order valence-electron chi connectivity index (χ4n) is 2.64. The summed E-state index contributed by atoms with van der Waals surface area (Å²) < 4.78 is 8.58. The summed E-state index contributed by atoms with van der Waals surface area (Å²) in [5.41, 5.74) is 4.59. The van der Waals surface area contributed by atoms with Crippen LogP contribution in [0.2, 0.25) is 0 Å². The molecule has 0 atom stereocenters. The Balaban J connectivity index is 2.30. The van der Waals surface area contributed by atoms with Crippen LogP contribution in [0.25, 0.3) is 16.6 Å². The number of carbonyl (C=O) groups is 1. The summed E-state index contributed by atoms with van der Waals surface area (Å²) in [6.07, 6.45) is 2.82. The van der Waals surface area contributed by atoms with Crippen molar-refractivity contribution >= 4 is 27.7 Å². The Bertz CT molecular complexity index is 852. The van der Waals surface area contributed by atoms with Crippen LogP contribution < -0.4 is 4.74 Å². The second-order valence-corrected chi connectivity index (χ2v) is 6.05. The van der Waals surface area contributed by atoms with Gasteiger partial charge in [-0.2, -0.15) is 0 Å². The first kappa shape index (κ1) is 14.9. The van der Waals surface area contributed by atoms with Crippen molar-refractivity contribution in [3.05, 3.63) is 58.3 Å². The standard InChI is InChI=1S/C18H16BrNO2/c1-3-22-18-5-4-13(19)9-16(18)15-10-14-8-12(2)6-7-20(14)17(15)11-21/h4-11H,3H2,1-2H3. The highest BCUT2D eigenvalue weighted by Crippen LogP contribution is 2.36. The molecular weight excluding hydrogens is 342 g/mol. The van der Waals surface area contributed by atoms with E-state index in [2.05, 4.69) is 22.0 Å². The molecule has 2 aromatic heterocycles. The monoisotopic (exact) mass is 357 g/mol. The second-order valence-electron chi connectivity index (χ2n) is 5.13. The van der Waals surface area contributed by atoms with Crippen molar-refractivity contribution in [3.63, 3.8) is 0 Å². The lowest BCUT2D eigenvalue weighted by atomic mass is 10.1. The molecule has 1 aromatic carbocycles. The Morgan fingerprint density at radius 3 is 2.73 bits per heavy atom. The van der Waals surface area contributed by atoms with E-state index >= 15 is 0 Å². The lowest BCUT2D eigenvalue weighted by molar-refractivity contribution is 0.111. The zero-order valence-electron chi connectivity index (χ0n) is 12.5. The molecule has 0 aliphatic heterocycles. The highest BCUT2D eigenvalue weighted by atomic mass is 79.9. The van der Waals surface area contributed by atoms with E-state index in [1.54, 1.807) is 0 Å². The van der Waals surface area contributed by atoms with Crippen molar-refractivity contribution in [1.82, 2.24) is 4.40 Å². The van der Waals surface area contributed by atoms with Gasteiger partial charge in [0.05, 0.1) is 12.3 Å². The van der Waals surface area contributed by atoms with E-state index < -0.39 is 0 Å². The predicted octanol–water partition coefficient (Wildman–Crippen LogP) is 4.89. The fourth-order valence-corrected chi connectivity index (χ4v) is 3.00. The number of ether oxygens (including phenoxy) is 1. The van der Waals surface area contributed by atoms with Crippen molar-refractivity contribution < 1.29 is 9.53 Å². The van der Waals surface area contributed by atoms with Crippen molar-refractivity contribution in [1.29, 1.82) is 0 Å². The van der Waals surface area contributed by atoms with Gasteiger partial charge in [0.15, 0.2) is 6.29 Å². The largest absolute Gasteiger partial charge is 0.493 e. The lowest BCUT2D eigenvalue weighted by Gasteiger charge is -2.10. The normalized spacial score (nSPS) is 10.9. The van der Waals surface area contributed by atoms with Crippen molar-refractivity contribution in [2.75, 3.05) is 6.61 Å². The number of rotatable bonds is 4. The van der Waals surface area contributed by atoms with Gasteiger partial charge in [0, 0.05) is 27.3 Å². The number of hydrogen-bond donors (Lipinski definition) is 0. The summed E-state index contributed by atoms with van der Waals surface area (Å²) in [5, 5.41) is 0. The number of pyridine rings is 1. The van der Waals surface area contributed by atoms with Gasteiger partial charge in [-0.15, -0.1) is 0 Å². The van der Waals surface area contributed by atoms with Gasteiger partial charge in [-0.3, -0.25) is 4.79 Å². The quantitative estimate of drug-likeness (QED) is 0.622. The number of benzene rings is 1. The summed E-state index contributed by atoms with van der Waals surface area (Å²) in [5.74, 6) is 0.779. The van der Waals surface area contributed by atoms with E-state index in [1.807, 2.05) is 54.8 Å². The highest BCUT2D eigenvalue weighted by Gasteiger charge is 2.15. The molecule has 0 spiro atoms. The molecule has 22 heavy (non-hydrogen) atoms. The molecule has 0 aliphatic rings. The third kappa shape index (κ3) is 2.55. The van der Waals surface area contributed by atoms with Gasteiger partial charge in [-0.25, -0.2) is 0 Å². The third-order valence-corrected chi connectivity index (χ3v) is 4.10. The lowest BCUT2D eigenvalue weighted by Crippen LogP contribution is -1.96. The average Bonchev–Trinajstić information content (AvgIpc) is 2.86. The van der Waals surface area contributed by atoms with Gasteiger partial charge in [0.1, 0.15) is 5.75 Å². The van der Waals surface area contributed by atoms with Gasteiger partial charge in [-0.1, -0.05) is 15.9 Å². The molecule has 4 heteroatoms. The van der Waals surface area contributed by atoms with Gasteiger partial charge in [0.2, 0.25) is 0 Å². The maximum Gasteiger partial charge on any atom is 0.167 e. The third-order valence-electron chi connectivity index (χ3n) is 3.61. The van der Waals surface area contributed by atoms with Crippen LogP contribution in [0.15, 0.2) is 47.1 Å². The summed E-state index contributed by atoms with van der Waals surface area (Å²) in [6.45, 7) is 4.57. The minimum absolute atomic E-state index is 0.581. The second kappa shape index (κ2) is 5.97. The van der Waals surface area contributed by atoms with Crippen LogP contribution >= 0.6 is 15.9 Å².